The number of piperidine rings is 1. The molecule has 1 aromatic carbocycles. The molecule has 10 heteroatoms. The van der Waals surface area contributed by atoms with Crippen molar-refractivity contribution >= 4 is 22.9 Å². The number of nitrogens with one attached hydrogen (secondary N) is 2. The van der Waals surface area contributed by atoms with Gasteiger partial charge < -0.3 is 15.0 Å². The molecule has 0 spiro atoms. The van der Waals surface area contributed by atoms with Gasteiger partial charge in [0.25, 0.3) is 5.91 Å². The van der Waals surface area contributed by atoms with Crippen LogP contribution in [0.2, 0.25) is 0 Å². The Bertz CT molecular complexity index is 1330. The first kappa shape index (κ1) is 23.8. The molecular formula is C26H28FN7O2. The minimum absolute atomic E-state index is 0.00230. The van der Waals surface area contributed by atoms with Gasteiger partial charge in [-0.3, -0.25) is 9.89 Å². The van der Waals surface area contributed by atoms with E-state index in [0.717, 1.165) is 30.4 Å². The van der Waals surface area contributed by atoms with Crippen LogP contribution in [0.15, 0.2) is 55.0 Å². The van der Waals surface area contributed by atoms with E-state index in [-0.39, 0.29) is 23.9 Å². The van der Waals surface area contributed by atoms with Crippen LogP contribution in [0.1, 0.15) is 47.0 Å². The number of halogens is 1. The third kappa shape index (κ3) is 5.18. The van der Waals surface area contributed by atoms with E-state index in [4.69, 9.17) is 4.74 Å². The molecule has 1 aliphatic rings. The summed E-state index contributed by atoms with van der Waals surface area (Å²) in [6, 6.07) is 9.91. The Morgan fingerprint density at radius 1 is 1.25 bits per heavy atom. The molecule has 9 nitrogen and oxygen atoms in total. The number of rotatable bonds is 8. The summed E-state index contributed by atoms with van der Waals surface area (Å²) >= 11 is 0. The first-order chi connectivity index (χ1) is 17.6. The molecule has 2 atom stereocenters. The fourth-order valence-corrected chi connectivity index (χ4v) is 4.65. The molecule has 36 heavy (non-hydrogen) atoms. The number of pyridine rings is 1. The third-order valence-corrected chi connectivity index (χ3v) is 6.58. The number of amides is 1. The molecule has 0 bridgehead atoms. The van der Waals surface area contributed by atoms with Crippen LogP contribution in [-0.2, 0) is 11.2 Å². The van der Waals surface area contributed by atoms with Gasteiger partial charge in [-0.2, -0.15) is 5.10 Å². The monoisotopic (exact) mass is 489 g/mol. The van der Waals surface area contributed by atoms with Gasteiger partial charge in [-0.15, -0.1) is 0 Å². The van der Waals surface area contributed by atoms with Gasteiger partial charge >= 0.3 is 0 Å². The summed E-state index contributed by atoms with van der Waals surface area (Å²) in [5, 5.41) is 10.5. The van der Waals surface area contributed by atoms with E-state index in [1.54, 1.807) is 37.8 Å². The lowest BCUT2D eigenvalue weighted by Crippen LogP contribution is -2.47. The number of aromatic nitrogens is 5. The zero-order chi connectivity index (χ0) is 24.9. The molecule has 4 heterocycles. The first-order valence-electron chi connectivity index (χ1n) is 12.1. The van der Waals surface area contributed by atoms with Gasteiger partial charge in [-0.1, -0.05) is 12.1 Å². The van der Waals surface area contributed by atoms with E-state index in [9.17, 15) is 9.18 Å². The SMILES string of the molecule is COC(Cc1c[nH]nc1C(=O)N1CCCC[C@H]1CNc1cnc2ncccc2n1)c1ccc(F)cc1. The number of ether oxygens (including phenoxy) is 1. The molecule has 2 N–H and O–H groups in total. The van der Waals surface area contributed by atoms with E-state index >= 15 is 0 Å². The largest absolute Gasteiger partial charge is 0.376 e. The highest BCUT2D eigenvalue weighted by molar-refractivity contribution is 5.94. The molecule has 0 radical (unpaired) electrons. The number of fused-ring (bicyclic) bond motifs is 1. The van der Waals surface area contributed by atoms with Crippen molar-refractivity contribution in [1.29, 1.82) is 0 Å². The summed E-state index contributed by atoms with van der Waals surface area (Å²) in [5.41, 5.74) is 3.31. The maximum absolute atomic E-state index is 13.6. The van der Waals surface area contributed by atoms with Gasteiger partial charge in [-0.05, 0) is 49.1 Å². The Labute approximate surface area is 208 Å². The van der Waals surface area contributed by atoms with Crippen LogP contribution in [0.25, 0.3) is 11.2 Å². The topological polar surface area (TPSA) is 109 Å². The van der Waals surface area contributed by atoms with E-state index in [1.165, 1.54) is 12.1 Å². The summed E-state index contributed by atoms with van der Waals surface area (Å²) < 4.78 is 19.0. The Kier molecular flexibility index (Phi) is 7.13. The number of carbonyl (C=O) groups excluding carboxylic acids is 1. The van der Waals surface area contributed by atoms with E-state index in [0.29, 0.717) is 42.2 Å². The number of nitrogens with zero attached hydrogens (tertiary/aromatic N) is 5. The second-order valence-electron chi connectivity index (χ2n) is 8.87. The second kappa shape index (κ2) is 10.8. The highest BCUT2D eigenvalue weighted by atomic mass is 19.1. The lowest BCUT2D eigenvalue weighted by molar-refractivity contribution is 0.0618. The Morgan fingerprint density at radius 3 is 2.94 bits per heavy atom. The maximum Gasteiger partial charge on any atom is 0.274 e. The number of likely N-dealkylation sites (tertiary alicyclic amines) is 1. The fourth-order valence-electron chi connectivity index (χ4n) is 4.65. The third-order valence-electron chi connectivity index (χ3n) is 6.58. The Balaban J connectivity index is 1.29. The highest BCUT2D eigenvalue weighted by Gasteiger charge is 2.30. The van der Waals surface area contributed by atoms with Crippen LogP contribution in [0.4, 0.5) is 10.2 Å². The number of hydrogen-bond donors (Lipinski definition) is 2. The van der Waals surface area contributed by atoms with Gasteiger partial charge in [0, 0.05) is 50.6 Å². The molecule has 4 aromatic rings. The van der Waals surface area contributed by atoms with Crippen molar-refractivity contribution in [2.45, 2.75) is 37.8 Å². The fraction of sp³-hybridized carbons (Fsp3) is 0.346. The number of benzene rings is 1. The predicted molar refractivity (Wildman–Crippen MR) is 133 cm³/mol. The van der Waals surface area contributed by atoms with Gasteiger partial charge in [0.2, 0.25) is 0 Å². The average molecular weight is 490 g/mol. The van der Waals surface area contributed by atoms with Crippen molar-refractivity contribution in [3.8, 4) is 0 Å². The van der Waals surface area contributed by atoms with E-state index in [2.05, 4.69) is 30.5 Å². The number of hydrogen-bond acceptors (Lipinski definition) is 7. The number of H-pyrrole nitrogens is 1. The summed E-state index contributed by atoms with van der Waals surface area (Å²) in [6.45, 7) is 1.22. The van der Waals surface area contributed by atoms with Crippen LogP contribution < -0.4 is 5.32 Å². The summed E-state index contributed by atoms with van der Waals surface area (Å²) in [6.07, 6.45) is 8.08. The first-order valence-corrected chi connectivity index (χ1v) is 12.1. The van der Waals surface area contributed by atoms with Crippen LogP contribution in [0.3, 0.4) is 0 Å². The number of anilines is 1. The van der Waals surface area contributed by atoms with Crippen molar-refractivity contribution in [1.82, 2.24) is 30.0 Å². The molecular weight excluding hydrogens is 461 g/mol. The molecule has 1 amide bonds. The second-order valence-corrected chi connectivity index (χ2v) is 8.87. The molecule has 186 valence electrons. The molecule has 5 rings (SSSR count). The molecule has 1 fully saturated rings. The molecule has 1 unspecified atom stereocenters. The number of methoxy groups -OCH3 is 1. The van der Waals surface area contributed by atoms with Crippen LogP contribution >= 0.6 is 0 Å². The minimum Gasteiger partial charge on any atom is -0.376 e. The van der Waals surface area contributed by atoms with E-state index < -0.39 is 0 Å². The molecule has 0 saturated carbocycles. The smallest absolute Gasteiger partial charge is 0.274 e. The van der Waals surface area contributed by atoms with Crippen molar-refractivity contribution in [3.63, 3.8) is 0 Å². The summed E-state index contributed by atoms with van der Waals surface area (Å²) in [7, 11) is 1.60. The maximum atomic E-state index is 13.6. The zero-order valence-electron chi connectivity index (χ0n) is 20.0. The molecule has 1 aliphatic heterocycles. The highest BCUT2D eigenvalue weighted by Crippen LogP contribution is 2.26. The quantitative estimate of drug-likeness (QED) is 0.386. The zero-order valence-corrected chi connectivity index (χ0v) is 20.0. The van der Waals surface area contributed by atoms with Crippen LogP contribution in [0.5, 0.6) is 0 Å². The summed E-state index contributed by atoms with van der Waals surface area (Å²) in [5.74, 6) is 0.237. The van der Waals surface area contributed by atoms with Crippen molar-refractivity contribution in [3.05, 3.63) is 77.6 Å². The summed E-state index contributed by atoms with van der Waals surface area (Å²) in [4.78, 5) is 28.6. The standard InChI is InChI=1S/C26H28FN7O2/c1-36-22(17-7-9-19(27)10-8-17)13-18-14-31-33-24(18)26(35)34-12-3-2-5-20(34)15-29-23-16-30-25-21(32-23)6-4-11-28-25/h4,6-11,14,16,20,22H,2-3,5,12-13,15H2,1H3,(H,29,32)(H,31,33)/t20-,22?/m0/s1. The van der Waals surface area contributed by atoms with Gasteiger partial charge in [0.15, 0.2) is 11.3 Å². The van der Waals surface area contributed by atoms with Crippen molar-refractivity contribution in [2.75, 3.05) is 25.5 Å². The normalized spacial score (nSPS) is 16.7. The number of aromatic amines is 1. The molecule has 1 saturated heterocycles. The number of carbonyl (C=O) groups is 1. The van der Waals surface area contributed by atoms with Crippen molar-refractivity contribution < 1.29 is 13.9 Å². The van der Waals surface area contributed by atoms with Crippen LogP contribution in [0, 0.1) is 5.82 Å². The lowest BCUT2D eigenvalue weighted by Gasteiger charge is -2.35. The van der Waals surface area contributed by atoms with Gasteiger partial charge in [-0.25, -0.2) is 19.3 Å². The average Bonchev–Trinajstić information content (AvgIpc) is 3.39. The van der Waals surface area contributed by atoms with Crippen LogP contribution in [-0.4, -0.2) is 62.2 Å². The van der Waals surface area contributed by atoms with Crippen molar-refractivity contribution in [2.24, 2.45) is 0 Å². The van der Waals surface area contributed by atoms with E-state index in [1.807, 2.05) is 17.0 Å². The van der Waals surface area contributed by atoms with Gasteiger partial charge in [0.05, 0.1) is 12.3 Å². The lowest BCUT2D eigenvalue weighted by atomic mass is 9.99. The Morgan fingerprint density at radius 2 is 2.11 bits per heavy atom. The minimum atomic E-state index is -0.325. The predicted octanol–water partition coefficient (Wildman–Crippen LogP) is 3.92. The molecule has 3 aromatic heterocycles. The molecule has 0 aliphatic carbocycles. The Hall–Kier alpha value is -3.92. The van der Waals surface area contributed by atoms with Gasteiger partial charge in [0.1, 0.15) is 17.2 Å².